The molecule has 0 radical (unpaired) electrons. The maximum Gasteiger partial charge on any atom is 0.0314 e. The molecule has 0 amide bonds. The highest BCUT2D eigenvalue weighted by molar-refractivity contribution is 6.13. The van der Waals surface area contributed by atoms with Gasteiger partial charge in [0.25, 0.3) is 0 Å². The van der Waals surface area contributed by atoms with Gasteiger partial charge in [-0.25, -0.2) is 0 Å². The number of rotatable bonds is 3. The fourth-order valence-electron chi connectivity index (χ4n) is 4.77. The lowest BCUT2D eigenvalue weighted by Gasteiger charge is -2.13. The second kappa shape index (κ2) is 7.96. The molecule has 0 atom stereocenters. The Morgan fingerprint density at radius 2 is 0.818 bits per heavy atom. The summed E-state index contributed by atoms with van der Waals surface area (Å²) in [5, 5.41) is 5.14. The molecule has 1 nitrogen and oxygen atoms in total. The van der Waals surface area contributed by atoms with Gasteiger partial charge < -0.3 is 5.73 Å². The number of hydrogen-bond donors (Lipinski definition) is 1. The Labute approximate surface area is 193 Å². The summed E-state index contributed by atoms with van der Waals surface area (Å²) in [6, 6.07) is 45.2. The molecular formula is C32H23N. The third kappa shape index (κ3) is 3.44. The first-order valence-corrected chi connectivity index (χ1v) is 11.2. The van der Waals surface area contributed by atoms with Gasteiger partial charge in [0.15, 0.2) is 0 Å². The average Bonchev–Trinajstić information content (AvgIpc) is 2.89. The number of fused-ring (bicyclic) bond motifs is 3. The normalized spacial score (nSPS) is 11.2. The van der Waals surface area contributed by atoms with Crippen molar-refractivity contribution < 1.29 is 0 Å². The van der Waals surface area contributed by atoms with Crippen molar-refractivity contribution in [1.82, 2.24) is 0 Å². The Morgan fingerprint density at radius 1 is 0.364 bits per heavy atom. The number of nitrogens with two attached hydrogens (primary N) is 1. The van der Waals surface area contributed by atoms with Gasteiger partial charge >= 0.3 is 0 Å². The molecule has 0 bridgehead atoms. The molecule has 2 N–H and O–H groups in total. The highest BCUT2D eigenvalue weighted by Gasteiger charge is 2.10. The van der Waals surface area contributed by atoms with E-state index in [2.05, 4.69) is 115 Å². The van der Waals surface area contributed by atoms with E-state index in [1.54, 1.807) is 0 Å². The first kappa shape index (κ1) is 19.3. The summed E-state index contributed by atoms with van der Waals surface area (Å²) in [5.74, 6) is 0. The summed E-state index contributed by atoms with van der Waals surface area (Å²) in [6.45, 7) is 0. The smallest absolute Gasteiger partial charge is 0.0314 e. The van der Waals surface area contributed by atoms with Gasteiger partial charge in [0, 0.05) is 5.69 Å². The lowest BCUT2D eigenvalue weighted by molar-refractivity contribution is 1.57. The molecule has 1 heteroatoms. The van der Waals surface area contributed by atoms with Gasteiger partial charge in [-0.1, -0.05) is 109 Å². The highest BCUT2D eigenvalue weighted by Crippen LogP contribution is 2.37. The van der Waals surface area contributed by atoms with Gasteiger partial charge in [-0.05, 0) is 73.1 Å². The van der Waals surface area contributed by atoms with Crippen LogP contribution in [0.1, 0.15) is 0 Å². The molecule has 0 spiro atoms. The van der Waals surface area contributed by atoms with Crippen LogP contribution in [0.5, 0.6) is 0 Å². The molecule has 33 heavy (non-hydrogen) atoms. The molecule has 0 fully saturated rings. The van der Waals surface area contributed by atoms with E-state index >= 15 is 0 Å². The van der Waals surface area contributed by atoms with Gasteiger partial charge in [-0.3, -0.25) is 0 Å². The molecule has 6 rings (SSSR count). The minimum absolute atomic E-state index is 0.781. The predicted octanol–water partition coefficient (Wildman–Crippen LogP) is 8.58. The quantitative estimate of drug-likeness (QED) is 0.225. The van der Waals surface area contributed by atoms with Crippen LogP contribution in [-0.2, 0) is 0 Å². The van der Waals surface area contributed by atoms with E-state index < -0.39 is 0 Å². The molecule has 6 aromatic carbocycles. The number of nitrogen functional groups attached to an aromatic ring is 1. The van der Waals surface area contributed by atoms with E-state index in [0.29, 0.717) is 0 Å². The van der Waals surface area contributed by atoms with Crippen LogP contribution in [-0.4, -0.2) is 0 Å². The molecule has 0 aliphatic heterocycles. The second-order valence-electron chi connectivity index (χ2n) is 8.44. The Balaban J connectivity index is 1.47. The van der Waals surface area contributed by atoms with Crippen molar-refractivity contribution in [2.45, 2.75) is 0 Å². The molecule has 0 heterocycles. The number of anilines is 1. The third-order valence-electron chi connectivity index (χ3n) is 6.42. The average molecular weight is 422 g/mol. The molecule has 0 saturated heterocycles. The van der Waals surface area contributed by atoms with Crippen molar-refractivity contribution in [2.24, 2.45) is 0 Å². The van der Waals surface area contributed by atoms with Gasteiger partial charge in [-0.2, -0.15) is 0 Å². The largest absolute Gasteiger partial charge is 0.399 e. The predicted molar refractivity (Wildman–Crippen MR) is 142 cm³/mol. The van der Waals surface area contributed by atoms with Crippen LogP contribution in [0.3, 0.4) is 0 Å². The second-order valence-corrected chi connectivity index (χ2v) is 8.44. The molecule has 0 aliphatic rings. The van der Waals surface area contributed by atoms with E-state index in [9.17, 15) is 0 Å². The third-order valence-corrected chi connectivity index (χ3v) is 6.42. The lowest BCUT2D eigenvalue weighted by atomic mass is 9.91. The van der Waals surface area contributed by atoms with E-state index in [4.69, 9.17) is 5.73 Å². The number of hydrogen-bond acceptors (Lipinski definition) is 1. The minimum atomic E-state index is 0.781. The Hall–Kier alpha value is -4.36. The van der Waals surface area contributed by atoms with Crippen LogP contribution in [0.25, 0.3) is 54.9 Å². The van der Waals surface area contributed by atoms with Gasteiger partial charge in [0.1, 0.15) is 0 Å². The fraction of sp³-hybridized carbons (Fsp3) is 0. The zero-order chi connectivity index (χ0) is 22.2. The van der Waals surface area contributed by atoms with Gasteiger partial charge in [0.2, 0.25) is 0 Å². The highest BCUT2D eigenvalue weighted by atomic mass is 14.5. The molecular weight excluding hydrogens is 398 g/mol. The molecule has 0 unspecified atom stereocenters. The van der Waals surface area contributed by atoms with Crippen molar-refractivity contribution in [1.29, 1.82) is 0 Å². The van der Waals surface area contributed by atoms with Crippen molar-refractivity contribution in [3.63, 3.8) is 0 Å². The molecule has 0 aliphatic carbocycles. The Bertz CT molecular complexity index is 1590. The lowest BCUT2D eigenvalue weighted by Crippen LogP contribution is -1.88. The Morgan fingerprint density at radius 3 is 1.45 bits per heavy atom. The summed E-state index contributed by atoms with van der Waals surface area (Å²) in [6.07, 6.45) is 0. The summed E-state index contributed by atoms with van der Waals surface area (Å²) in [4.78, 5) is 0. The van der Waals surface area contributed by atoms with Crippen LogP contribution in [0.15, 0.2) is 127 Å². The van der Waals surface area contributed by atoms with Crippen LogP contribution in [0.2, 0.25) is 0 Å². The zero-order valence-corrected chi connectivity index (χ0v) is 18.2. The van der Waals surface area contributed by atoms with E-state index in [1.807, 2.05) is 12.1 Å². The van der Waals surface area contributed by atoms with Crippen molar-refractivity contribution in [2.75, 3.05) is 5.73 Å². The van der Waals surface area contributed by atoms with Crippen LogP contribution < -0.4 is 5.73 Å². The fourth-order valence-corrected chi connectivity index (χ4v) is 4.77. The monoisotopic (exact) mass is 421 g/mol. The number of benzene rings is 6. The first-order valence-electron chi connectivity index (χ1n) is 11.2. The van der Waals surface area contributed by atoms with Crippen LogP contribution in [0, 0.1) is 0 Å². The standard InChI is InChI=1S/C32H23N/c33-26-19-17-23(18-20-26)28-9-4-3-8-27(28)22-13-15-24(16-14-22)32-21-25-7-1-2-10-29(25)30-11-5-6-12-31(30)32/h1-21H,33H2. The first-order chi connectivity index (χ1) is 16.3. The van der Waals surface area contributed by atoms with Crippen molar-refractivity contribution >= 4 is 27.2 Å². The SMILES string of the molecule is Nc1ccc(-c2ccccc2-c2ccc(-c3cc4ccccc4c4ccccc34)cc2)cc1. The molecule has 6 aromatic rings. The van der Waals surface area contributed by atoms with Gasteiger partial charge in [-0.15, -0.1) is 0 Å². The zero-order valence-electron chi connectivity index (χ0n) is 18.2. The minimum Gasteiger partial charge on any atom is -0.399 e. The van der Waals surface area contributed by atoms with Crippen LogP contribution in [0.4, 0.5) is 5.69 Å². The van der Waals surface area contributed by atoms with Crippen LogP contribution >= 0.6 is 0 Å². The Kier molecular flexibility index (Phi) is 4.66. The van der Waals surface area contributed by atoms with E-state index in [-0.39, 0.29) is 0 Å². The maximum atomic E-state index is 5.90. The van der Waals surface area contributed by atoms with Gasteiger partial charge in [0.05, 0.1) is 0 Å². The van der Waals surface area contributed by atoms with E-state index in [0.717, 1.165) is 5.69 Å². The van der Waals surface area contributed by atoms with Crippen molar-refractivity contribution in [3.05, 3.63) is 127 Å². The van der Waals surface area contributed by atoms with Crippen molar-refractivity contribution in [3.8, 4) is 33.4 Å². The van der Waals surface area contributed by atoms with E-state index in [1.165, 1.54) is 54.9 Å². The molecule has 0 saturated carbocycles. The summed E-state index contributed by atoms with van der Waals surface area (Å²) in [5.41, 5.74) is 14.0. The summed E-state index contributed by atoms with van der Waals surface area (Å²) >= 11 is 0. The summed E-state index contributed by atoms with van der Waals surface area (Å²) in [7, 11) is 0. The maximum absolute atomic E-state index is 5.90. The summed E-state index contributed by atoms with van der Waals surface area (Å²) < 4.78 is 0. The molecule has 0 aromatic heterocycles. The topological polar surface area (TPSA) is 26.0 Å². The molecule has 156 valence electrons.